The van der Waals surface area contributed by atoms with Gasteiger partial charge < -0.3 is 9.64 Å². The molecular weight excluding hydrogens is 268 g/mol. The Hall–Kier alpha value is -0.150. The lowest BCUT2D eigenvalue weighted by Crippen LogP contribution is -2.23. The quantitative estimate of drug-likeness (QED) is 0.816. The fourth-order valence-corrected chi connectivity index (χ4v) is 1.33. The number of hydrogen-bond donors (Lipinski definition) is 0. The molecule has 0 aliphatic heterocycles. The summed E-state index contributed by atoms with van der Waals surface area (Å²) in [6.45, 7) is 4.68. The molecule has 0 saturated heterocycles. The van der Waals surface area contributed by atoms with Gasteiger partial charge in [0, 0.05) is 12.6 Å². The predicted molar refractivity (Wildman–Crippen MR) is 72.4 cm³/mol. The summed E-state index contributed by atoms with van der Waals surface area (Å²) in [5.74, 6) is 0.758. The van der Waals surface area contributed by atoms with Crippen LogP contribution in [0.1, 0.15) is 6.92 Å². The molecule has 0 atom stereocenters. The molecule has 0 aliphatic carbocycles. The van der Waals surface area contributed by atoms with Gasteiger partial charge in [0.05, 0.1) is 10.0 Å². The summed E-state index contributed by atoms with van der Waals surface area (Å²) in [7, 11) is 2.05. The van der Waals surface area contributed by atoms with Gasteiger partial charge >= 0.3 is 0 Å². The van der Waals surface area contributed by atoms with Crippen LogP contribution in [0.15, 0.2) is 18.2 Å². The molecule has 1 aromatic carbocycles. The van der Waals surface area contributed by atoms with Gasteiger partial charge in [-0.2, -0.15) is 0 Å². The first kappa shape index (κ1) is 15.9. The molecule has 0 aromatic heterocycles. The average Bonchev–Trinajstić information content (AvgIpc) is 2.23. The van der Waals surface area contributed by atoms with E-state index in [9.17, 15) is 0 Å². The molecule has 0 heterocycles. The van der Waals surface area contributed by atoms with Crippen LogP contribution >= 0.6 is 35.6 Å². The Bertz CT molecular complexity index is 320. The second-order valence-electron chi connectivity index (χ2n) is 3.32. The van der Waals surface area contributed by atoms with Gasteiger partial charge in [-0.15, -0.1) is 12.4 Å². The van der Waals surface area contributed by atoms with Crippen LogP contribution < -0.4 is 4.74 Å². The fraction of sp³-hybridized carbons (Fsp3) is 0.455. The van der Waals surface area contributed by atoms with Crippen LogP contribution in [0.3, 0.4) is 0 Å². The van der Waals surface area contributed by atoms with E-state index in [-0.39, 0.29) is 12.4 Å². The molecule has 5 heteroatoms. The zero-order valence-electron chi connectivity index (χ0n) is 9.37. The Morgan fingerprint density at radius 3 is 2.50 bits per heavy atom. The number of likely N-dealkylation sites (N-methyl/N-ethyl adjacent to an activating group) is 1. The standard InChI is InChI=1S/C11H15Cl2NO.ClH/c1-3-14(2)6-7-15-9-4-5-10(12)11(13)8-9;/h4-5,8H,3,6-7H2,1-2H3;1H. The molecule has 0 unspecified atom stereocenters. The van der Waals surface area contributed by atoms with Gasteiger partial charge in [-0.3, -0.25) is 0 Å². The number of nitrogens with zero attached hydrogens (tertiary/aromatic N) is 1. The van der Waals surface area contributed by atoms with Crippen molar-refractivity contribution >= 4 is 35.6 Å². The molecule has 16 heavy (non-hydrogen) atoms. The molecule has 2 nitrogen and oxygen atoms in total. The van der Waals surface area contributed by atoms with E-state index in [4.69, 9.17) is 27.9 Å². The molecule has 0 radical (unpaired) electrons. The van der Waals surface area contributed by atoms with Crippen molar-refractivity contribution in [3.8, 4) is 5.75 Å². The first-order chi connectivity index (χ1) is 7.13. The van der Waals surface area contributed by atoms with Gasteiger partial charge in [0.2, 0.25) is 0 Å². The minimum atomic E-state index is 0. The van der Waals surface area contributed by atoms with E-state index < -0.39 is 0 Å². The Morgan fingerprint density at radius 2 is 1.94 bits per heavy atom. The van der Waals surface area contributed by atoms with Crippen molar-refractivity contribution in [2.45, 2.75) is 6.92 Å². The summed E-state index contributed by atoms with van der Waals surface area (Å²) in [5, 5.41) is 1.08. The van der Waals surface area contributed by atoms with Crippen LogP contribution in [0.4, 0.5) is 0 Å². The molecule has 0 N–H and O–H groups in total. The van der Waals surface area contributed by atoms with Crippen LogP contribution in [0.5, 0.6) is 5.75 Å². The predicted octanol–water partition coefficient (Wildman–Crippen LogP) is 3.75. The number of halogens is 3. The molecule has 0 bridgehead atoms. The summed E-state index contributed by atoms with van der Waals surface area (Å²) in [6.07, 6.45) is 0. The highest BCUT2D eigenvalue weighted by Gasteiger charge is 2.00. The lowest BCUT2D eigenvalue weighted by molar-refractivity contribution is 0.244. The summed E-state index contributed by atoms with van der Waals surface area (Å²) < 4.78 is 5.53. The van der Waals surface area contributed by atoms with Crippen molar-refractivity contribution in [2.24, 2.45) is 0 Å². The van der Waals surface area contributed by atoms with Crippen molar-refractivity contribution in [1.82, 2.24) is 4.90 Å². The van der Waals surface area contributed by atoms with E-state index in [2.05, 4.69) is 18.9 Å². The fourth-order valence-electron chi connectivity index (χ4n) is 1.04. The van der Waals surface area contributed by atoms with Gasteiger partial charge in [0.1, 0.15) is 12.4 Å². The normalized spacial score (nSPS) is 10.1. The van der Waals surface area contributed by atoms with E-state index >= 15 is 0 Å². The number of benzene rings is 1. The van der Waals surface area contributed by atoms with E-state index in [1.54, 1.807) is 12.1 Å². The number of ether oxygens (including phenoxy) is 1. The molecule has 0 saturated carbocycles. The van der Waals surface area contributed by atoms with Crippen LogP contribution in [-0.2, 0) is 0 Å². The van der Waals surface area contributed by atoms with E-state index in [0.29, 0.717) is 16.7 Å². The van der Waals surface area contributed by atoms with E-state index in [1.807, 2.05) is 6.07 Å². The third-order valence-electron chi connectivity index (χ3n) is 2.17. The van der Waals surface area contributed by atoms with Crippen molar-refractivity contribution in [2.75, 3.05) is 26.7 Å². The maximum atomic E-state index is 5.86. The second kappa shape index (κ2) is 8.02. The van der Waals surface area contributed by atoms with E-state index in [1.165, 1.54) is 0 Å². The van der Waals surface area contributed by atoms with Gasteiger partial charge in [-0.05, 0) is 25.7 Å². The largest absolute Gasteiger partial charge is 0.492 e. The lowest BCUT2D eigenvalue weighted by atomic mass is 10.3. The third-order valence-corrected chi connectivity index (χ3v) is 2.91. The van der Waals surface area contributed by atoms with Crippen molar-refractivity contribution in [1.29, 1.82) is 0 Å². The first-order valence-corrected chi connectivity index (χ1v) is 5.65. The lowest BCUT2D eigenvalue weighted by Gasteiger charge is -2.14. The van der Waals surface area contributed by atoms with Crippen LogP contribution in [0.25, 0.3) is 0 Å². The Kier molecular flexibility index (Phi) is 7.94. The van der Waals surface area contributed by atoms with Crippen LogP contribution in [-0.4, -0.2) is 31.6 Å². The maximum Gasteiger partial charge on any atom is 0.120 e. The number of rotatable bonds is 5. The Labute approximate surface area is 113 Å². The molecule has 0 aliphatic rings. The summed E-state index contributed by atoms with van der Waals surface area (Å²) in [4.78, 5) is 2.18. The Morgan fingerprint density at radius 1 is 1.25 bits per heavy atom. The van der Waals surface area contributed by atoms with Crippen LogP contribution in [0.2, 0.25) is 10.0 Å². The molecule has 0 spiro atoms. The SMILES string of the molecule is CCN(C)CCOc1ccc(Cl)c(Cl)c1.Cl. The highest BCUT2D eigenvalue weighted by atomic mass is 35.5. The van der Waals surface area contributed by atoms with Gasteiger partial charge in [0.25, 0.3) is 0 Å². The second-order valence-corrected chi connectivity index (χ2v) is 4.13. The van der Waals surface area contributed by atoms with Gasteiger partial charge in [-0.25, -0.2) is 0 Å². The highest BCUT2D eigenvalue weighted by Crippen LogP contribution is 2.26. The zero-order valence-corrected chi connectivity index (χ0v) is 11.7. The minimum absolute atomic E-state index is 0. The third kappa shape index (κ3) is 5.26. The smallest absolute Gasteiger partial charge is 0.120 e. The zero-order chi connectivity index (χ0) is 11.3. The van der Waals surface area contributed by atoms with Crippen molar-refractivity contribution in [3.63, 3.8) is 0 Å². The van der Waals surface area contributed by atoms with Crippen molar-refractivity contribution < 1.29 is 4.74 Å². The summed E-state index contributed by atoms with van der Waals surface area (Å²) in [5.41, 5.74) is 0. The molecule has 1 aromatic rings. The maximum absolute atomic E-state index is 5.86. The molecule has 1 rings (SSSR count). The molecule has 0 amide bonds. The van der Waals surface area contributed by atoms with Crippen LogP contribution in [0, 0.1) is 0 Å². The van der Waals surface area contributed by atoms with E-state index in [0.717, 1.165) is 18.8 Å². The monoisotopic (exact) mass is 283 g/mol. The number of hydrogen-bond acceptors (Lipinski definition) is 2. The molecular formula is C11H16Cl3NO. The van der Waals surface area contributed by atoms with Gasteiger partial charge in [-0.1, -0.05) is 30.1 Å². The topological polar surface area (TPSA) is 12.5 Å². The Balaban J connectivity index is 0.00000225. The molecule has 0 fully saturated rings. The van der Waals surface area contributed by atoms with Gasteiger partial charge in [0.15, 0.2) is 0 Å². The van der Waals surface area contributed by atoms with Crippen molar-refractivity contribution in [3.05, 3.63) is 28.2 Å². The highest BCUT2D eigenvalue weighted by molar-refractivity contribution is 6.42. The molecule has 92 valence electrons. The minimum Gasteiger partial charge on any atom is -0.492 e. The summed E-state index contributed by atoms with van der Waals surface area (Å²) >= 11 is 11.7. The average molecular weight is 285 g/mol. The first-order valence-electron chi connectivity index (χ1n) is 4.90. The summed E-state index contributed by atoms with van der Waals surface area (Å²) in [6, 6.07) is 5.29.